The van der Waals surface area contributed by atoms with Crippen LogP contribution in [-0.4, -0.2) is 14.3 Å². The van der Waals surface area contributed by atoms with E-state index in [1.807, 2.05) is 64.1 Å². The average molecular weight is 335 g/mol. The van der Waals surface area contributed by atoms with Crippen molar-refractivity contribution in [1.29, 1.82) is 0 Å². The second-order valence-corrected chi connectivity index (χ2v) is 5.02. The van der Waals surface area contributed by atoms with Crippen LogP contribution in [0, 0.1) is 0 Å². The van der Waals surface area contributed by atoms with Crippen LogP contribution in [0.5, 0.6) is 0 Å². The summed E-state index contributed by atoms with van der Waals surface area (Å²) in [5.74, 6) is 0.189. The molecule has 0 aromatic heterocycles. The van der Waals surface area contributed by atoms with E-state index in [1.54, 1.807) is 24.3 Å². The van der Waals surface area contributed by atoms with Crippen molar-refractivity contribution in [2.24, 2.45) is 9.54 Å². The molecule has 0 saturated heterocycles. The molecule has 0 unspecified atom stereocenters. The molecule has 0 heterocycles. The van der Waals surface area contributed by atoms with E-state index in [4.69, 9.17) is 5.14 Å². The van der Waals surface area contributed by atoms with Crippen molar-refractivity contribution >= 4 is 21.7 Å². The summed E-state index contributed by atoms with van der Waals surface area (Å²) in [6.45, 7) is 8.00. The number of nitrogens with two attached hydrogens (primary N) is 1. The maximum atomic E-state index is 11.2. The minimum atomic E-state index is -3.97. The molecule has 0 atom stereocenters. The first-order valence-electron chi connectivity index (χ1n) is 7.55. The summed E-state index contributed by atoms with van der Waals surface area (Å²) in [5.41, 5.74) is 1.37. The molecule has 0 spiro atoms. The lowest BCUT2D eigenvalue weighted by Gasteiger charge is -2.09. The van der Waals surface area contributed by atoms with E-state index in [9.17, 15) is 8.42 Å². The largest absolute Gasteiger partial charge is 0.339 e. The molecule has 0 radical (unpaired) electrons. The number of rotatable bonds is 3. The molecule has 2 aromatic rings. The zero-order valence-corrected chi connectivity index (χ0v) is 14.8. The molecule has 0 saturated carbocycles. The van der Waals surface area contributed by atoms with Gasteiger partial charge in [-0.1, -0.05) is 76.2 Å². The highest BCUT2D eigenvalue weighted by atomic mass is 32.2. The second-order valence-electron chi connectivity index (χ2n) is 3.81. The Hall–Kier alpha value is -2.18. The van der Waals surface area contributed by atoms with Gasteiger partial charge in [0, 0.05) is 11.3 Å². The van der Waals surface area contributed by atoms with Crippen LogP contribution >= 0.6 is 0 Å². The molecule has 0 aliphatic carbocycles. The third-order valence-corrected chi connectivity index (χ3v) is 2.74. The fourth-order valence-corrected chi connectivity index (χ4v) is 1.93. The Labute approximate surface area is 139 Å². The Morgan fingerprint density at radius 1 is 0.870 bits per heavy atom. The van der Waals surface area contributed by atoms with Gasteiger partial charge in [-0.05, 0) is 12.1 Å². The van der Waals surface area contributed by atoms with Crippen LogP contribution in [0.2, 0.25) is 0 Å². The molecule has 6 heteroatoms. The van der Waals surface area contributed by atoms with Crippen LogP contribution in [0.3, 0.4) is 0 Å². The smallest absolute Gasteiger partial charge is 0.319 e. The molecule has 0 aliphatic heterocycles. The van der Waals surface area contributed by atoms with Crippen LogP contribution in [-0.2, 0) is 10.2 Å². The molecule has 0 amide bonds. The lowest BCUT2D eigenvalue weighted by atomic mass is 10.2. The van der Waals surface area contributed by atoms with Gasteiger partial charge < -0.3 is 5.32 Å². The fourth-order valence-electron chi connectivity index (χ4n) is 1.53. The normalized spacial score (nSPS) is 10.6. The van der Waals surface area contributed by atoms with Gasteiger partial charge in [0.1, 0.15) is 0 Å². The summed E-state index contributed by atoms with van der Waals surface area (Å²) in [5, 5.41) is 7.91. The van der Waals surface area contributed by atoms with Crippen molar-refractivity contribution in [3.05, 3.63) is 66.2 Å². The Morgan fingerprint density at radius 3 is 1.74 bits per heavy atom. The highest BCUT2D eigenvalue weighted by molar-refractivity contribution is 7.88. The Kier molecular flexibility index (Phi) is 10.3. The van der Waals surface area contributed by atoms with E-state index in [0.29, 0.717) is 5.56 Å². The average Bonchev–Trinajstić information content (AvgIpc) is 2.58. The van der Waals surface area contributed by atoms with Crippen LogP contribution in [0.25, 0.3) is 0 Å². The molecular formula is C17H25N3O2S. The maximum Gasteiger partial charge on any atom is 0.319 e. The number of amidine groups is 1. The molecule has 126 valence electrons. The summed E-state index contributed by atoms with van der Waals surface area (Å²) >= 11 is 0. The minimum Gasteiger partial charge on any atom is -0.339 e. The number of anilines is 1. The SMILES string of the molecule is CC.CC.NS(=O)(=O)N=C(Nc1ccccc1)c1ccccc1. The van der Waals surface area contributed by atoms with Crippen molar-refractivity contribution in [2.45, 2.75) is 27.7 Å². The summed E-state index contributed by atoms with van der Waals surface area (Å²) < 4.78 is 25.8. The van der Waals surface area contributed by atoms with Crippen LogP contribution in [0.15, 0.2) is 65.1 Å². The third kappa shape index (κ3) is 8.75. The van der Waals surface area contributed by atoms with Crippen molar-refractivity contribution < 1.29 is 8.42 Å². The lowest BCUT2D eigenvalue weighted by Crippen LogP contribution is -2.19. The zero-order chi connectivity index (χ0) is 17.7. The number of para-hydroxylation sites is 1. The van der Waals surface area contributed by atoms with E-state index in [0.717, 1.165) is 5.69 Å². The number of hydrogen-bond donors (Lipinski definition) is 2. The molecule has 0 bridgehead atoms. The predicted octanol–water partition coefficient (Wildman–Crippen LogP) is 3.80. The second kappa shape index (κ2) is 11.4. The number of benzene rings is 2. The van der Waals surface area contributed by atoms with Gasteiger partial charge in [-0.2, -0.15) is 8.42 Å². The fraction of sp³-hybridized carbons (Fsp3) is 0.235. The van der Waals surface area contributed by atoms with Gasteiger partial charge in [-0.15, -0.1) is 4.40 Å². The van der Waals surface area contributed by atoms with Crippen LogP contribution in [0.1, 0.15) is 33.3 Å². The first-order chi connectivity index (χ1) is 11.0. The molecule has 0 aliphatic rings. The van der Waals surface area contributed by atoms with Crippen molar-refractivity contribution in [1.82, 2.24) is 0 Å². The first-order valence-corrected chi connectivity index (χ1v) is 9.05. The first kappa shape index (κ1) is 20.8. The van der Waals surface area contributed by atoms with E-state index in [2.05, 4.69) is 9.71 Å². The van der Waals surface area contributed by atoms with Gasteiger partial charge in [0.05, 0.1) is 0 Å². The van der Waals surface area contributed by atoms with Crippen LogP contribution < -0.4 is 10.5 Å². The van der Waals surface area contributed by atoms with E-state index < -0.39 is 10.2 Å². The van der Waals surface area contributed by atoms with E-state index >= 15 is 0 Å². The van der Waals surface area contributed by atoms with E-state index in [-0.39, 0.29) is 5.84 Å². The molecular weight excluding hydrogens is 310 g/mol. The molecule has 5 nitrogen and oxygen atoms in total. The third-order valence-electron chi connectivity index (χ3n) is 2.30. The zero-order valence-electron chi connectivity index (χ0n) is 14.0. The van der Waals surface area contributed by atoms with Gasteiger partial charge >= 0.3 is 10.2 Å². The number of hydrogen-bond acceptors (Lipinski definition) is 2. The molecule has 3 N–H and O–H groups in total. The van der Waals surface area contributed by atoms with Crippen LogP contribution in [0.4, 0.5) is 5.69 Å². The number of nitrogens with one attached hydrogen (secondary N) is 1. The minimum absolute atomic E-state index is 0.189. The highest BCUT2D eigenvalue weighted by Gasteiger charge is 2.08. The molecule has 23 heavy (non-hydrogen) atoms. The summed E-state index contributed by atoms with van der Waals surface area (Å²) in [4.78, 5) is 0. The monoisotopic (exact) mass is 335 g/mol. The maximum absolute atomic E-state index is 11.2. The quantitative estimate of drug-likeness (QED) is 0.661. The molecule has 2 rings (SSSR count). The lowest BCUT2D eigenvalue weighted by molar-refractivity contribution is 0.599. The van der Waals surface area contributed by atoms with E-state index in [1.165, 1.54) is 0 Å². The van der Waals surface area contributed by atoms with Gasteiger partial charge in [0.25, 0.3) is 0 Å². The Morgan fingerprint density at radius 2 is 1.30 bits per heavy atom. The van der Waals surface area contributed by atoms with Gasteiger partial charge in [-0.25, -0.2) is 5.14 Å². The Bertz CT molecular complexity index is 669. The highest BCUT2D eigenvalue weighted by Crippen LogP contribution is 2.10. The molecule has 0 fully saturated rings. The summed E-state index contributed by atoms with van der Waals surface area (Å²) in [6.07, 6.45) is 0. The van der Waals surface area contributed by atoms with Crippen molar-refractivity contribution in [2.75, 3.05) is 5.32 Å². The van der Waals surface area contributed by atoms with Gasteiger partial charge in [0.2, 0.25) is 0 Å². The topological polar surface area (TPSA) is 84.6 Å². The summed E-state index contributed by atoms with van der Waals surface area (Å²) in [7, 11) is -3.97. The standard InChI is InChI=1S/C13H13N3O2S.2C2H6/c14-19(17,18)16-13(11-7-3-1-4-8-11)15-12-9-5-2-6-10-12;2*1-2/h1-10H,(H,15,16)(H2,14,17,18);2*1-2H3. The van der Waals surface area contributed by atoms with Crippen molar-refractivity contribution in [3.8, 4) is 0 Å². The van der Waals surface area contributed by atoms with Gasteiger partial charge in [-0.3, -0.25) is 0 Å². The van der Waals surface area contributed by atoms with Crippen molar-refractivity contribution in [3.63, 3.8) is 0 Å². The van der Waals surface area contributed by atoms with Gasteiger partial charge in [0.15, 0.2) is 5.84 Å². The Balaban J connectivity index is 0.00000112. The summed E-state index contributed by atoms with van der Waals surface area (Å²) in [6, 6.07) is 18.1. The predicted molar refractivity (Wildman–Crippen MR) is 98.8 cm³/mol. The number of nitrogens with zero attached hydrogens (tertiary/aromatic N) is 1. The molecule has 2 aromatic carbocycles.